The summed E-state index contributed by atoms with van der Waals surface area (Å²) < 4.78 is 0. The zero-order valence-corrected chi connectivity index (χ0v) is 16.5. The maximum atomic E-state index is 12.1. The Morgan fingerprint density at radius 1 is 1.00 bits per heavy atom. The third-order valence-electron chi connectivity index (χ3n) is 3.72. The summed E-state index contributed by atoms with van der Waals surface area (Å²) in [5.41, 5.74) is 2.44. The van der Waals surface area contributed by atoms with Crippen molar-refractivity contribution in [1.82, 2.24) is 0 Å². The summed E-state index contributed by atoms with van der Waals surface area (Å²) in [4.78, 5) is 24.7. The number of halogens is 1. The van der Waals surface area contributed by atoms with Gasteiger partial charge < -0.3 is 10.6 Å². The molecule has 4 nitrogen and oxygen atoms in total. The van der Waals surface area contributed by atoms with Crippen molar-refractivity contribution in [3.05, 3.63) is 53.1 Å². The summed E-state index contributed by atoms with van der Waals surface area (Å²) in [6.45, 7) is 3.97. The smallest absolute Gasteiger partial charge is 0.234 e. The molecular weight excluding hydrogens is 368 g/mol. The average molecular weight is 391 g/mol. The zero-order valence-electron chi connectivity index (χ0n) is 15.0. The van der Waals surface area contributed by atoms with Gasteiger partial charge in [-0.05, 0) is 55.3 Å². The van der Waals surface area contributed by atoms with Crippen LogP contribution in [0, 0.1) is 6.92 Å². The molecule has 2 aromatic carbocycles. The fourth-order valence-corrected chi connectivity index (χ4v) is 3.09. The van der Waals surface area contributed by atoms with Crippen LogP contribution in [0.2, 0.25) is 5.02 Å². The van der Waals surface area contributed by atoms with Gasteiger partial charge in [0.2, 0.25) is 11.8 Å². The van der Waals surface area contributed by atoms with Gasteiger partial charge in [0, 0.05) is 27.7 Å². The largest absolute Gasteiger partial charge is 0.326 e. The molecule has 2 N–H and O–H groups in total. The lowest BCUT2D eigenvalue weighted by atomic mass is 10.2. The standard InChI is InChI=1S/C20H23ClN2O2S/c1-3-4-5-19(24)22-15-8-10-17(11-9-15)26-13-20(25)23-16-7-6-14(2)18(21)12-16/h6-12H,3-5,13H2,1-2H3,(H,22,24)(H,23,25). The molecule has 0 aromatic heterocycles. The van der Waals surface area contributed by atoms with Crippen molar-refractivity contribution in [1.29, 1.82) is 0 Å². The molecule has 0 aliphatic carbocycles. The Kier molecular flexibility index (Phi) is 8.01. The van der Waals surface area contributed by atoms with Crippen LogP contribution in [0.1, 0.15) is 31.7 Å². The number of carbonyl (C=O) groups is 2. The second kappa shape index (κ2) is 10.2. The van der Waals surface area contributed by atoms with E-state index in [9.17, 15) is 9.59 Å². The Balaban J connectivity index is 1.80. The molecule has 0 atom stereocenters. The fourth-order valence-electron chi connectivity index (χ4n) is 2.21. The number of nitrogens with one attached hydrogen (secondary N) is 2. The van der Waals surface area contributed by atoms with Gasteiger partial charge in [-0.1, -0.05) is 31.0 Å². The van der Waals surface area contributed by atoms with Crippen LogP contribution in [0.15, 0.2) is 47.4 Å². The topological polar surface area (TPSA) is 58.2 Å². The van der Waals surface area contributed by atoms with Gasteiger partial charge in [-0.25, -0.2) is 0 Å². The van der Waals surface area contributed by atoms with E-state index >= 15 is 0 Å². The maximum absolute atomic E-state index is 12.1. The summed E-state index contributed by atoms with van der Waals surface area (Å²) in [6, 6.07) is 13.0. The number of amides is 2. The predicted octanol–water partition coefficient (Wildman–Crippen LogP) is 5.51. The Morgan fingerprint density at radius 3 is 2.31 bits per heavy atom. The average Bonchev–Trinajstić information content (AvgIpc) is 2.62. The summed E-state index contributed by atoms with van der Waals surface area (Å²) >= 11 is 7.50. The molecule has 138 valence electrons. The molecule has 0 unspecified atom stereocenters. The predicted molar refractivity (Wildman–Crippen MR) is 110 cm³/mol. The van der Waals surface area contributed by atoms with Crippen LogP contribution in [-0.2, 0) is 9.59 Å². The van der Waals surface area contributed by atoms with Crippen LogP contribution >= 0.6 is 23.4 Å². The van der Waals surface area contributed by atoms with Crippen LogP contribution in [0.5, 0.6) is 0 Å². The van der Waals surface area contributed by atoms with E-state index in [0.717, 1.165) is 29.0 Å². The number of hydrogen-bond donors (Lipinski definition) is 2. The van der Waals surface area contributed by atoms with E-state index in [1.807, 2.05) is 43.3 Å². The number of hydrogen-bond acceptors (Lipinski definition) is 3. The quantitative estimate of drug-likeness (QED) is 0.584. The summed E-state index contributed by atoms with van der Waals surface area (Å²) in [5, 5.41) is 6.34. The molecule has 0 heterocycles. The van der Waals surface area contributed by atoms with Crippen LogP contribution in [0.3, 0.4) is 0 Å². The molecule has 0 saturated heterocycles. The normalized spacial score (nSPS) is 10.4. The van der Waals surface area contributed by atoms with Gasteiger partial charge in [-0.3, -0.25) is 9.59 Å². The molecule has 0 saturated carbocycles. The van der Waals surface area contributed by atoms with Crippen LogP contribution < -0.4 is 10.6 Å². The fraction of sp³-hybridized carbons (Fsp3) is 0.300. The summed E-state index contributed by atoms with van der Waals surface area (Å²) in [5.74, 6) is 0.239. The van der Waals surface area contributed by atoms with E-state index in [1.54, 1.807) is 6.07 Å². The summed E-state index contributed by atoms with van der Waals surface area (Å²) in [7, 11) is 0. The highest BCUT2D eigenvalue weighted by molar-refractivity contribution is 8.00. The molecule has 0 aliphatic rings. The zero-order chi connectivity index (χ0) is 18.9. The maximum Gasteiger partial charge on any atom is 0.234 e. The van der Waals surface area contributed by atoms with E-state index in [0.29, 0.717) is 22.9 Å². The molecule has 6 heteroatoms. The van der Waals surface area contributed by atoms with Crippen molar-refractivity contribution in [3.8, 4) is 0 Å². The van der Waals surface area contributed by atoms with Crippen molar-refractivity contribution in [2.24, 2.45) is 0 Å². The van der Waals surface area contributed by atoms with Crippen LogP contribution in [-0.4, -0.2) is 17.6 Å². The van der Waals surface area contributed by atoms with Crippen LogP contribution in [0.4, 0.5) is 11.4 Å². The molecule has 0 aliphatic heterocycles. The first-order valence-corrected chi connectivity index (χ1v) is 9.93. The lowest BCUT2D eigenvalue weighted by Gasteiger charge is -2.08. The molecule has 0 fully saturated rings. The van der Waals surface area contributed by atoms with Gasteiger partial charge in [0.05, 0.1) is 5.75 Å². The highest BCUT2D eigenvalue weighted by atomic mass is 35.5. The van der Waals surface area contributed by atoms with E-state index in [-0.39, 0.29) is 11.8 Å². The number of anilines is 2. The first-order valence-electron chi connectivity index (χ1n) is 8.56. The molecule has 0 spiro atoms. The van der Waals surface area contributed by atoms with Crippen molar-refractivity contribution >= 4 is 46.6 Å². The SMILES string of the molecule is CCCCC(=O)Nc1ccc(SCC(=O)Nc2ccc(C)c(Cl)c2)cc1. The van der Waals surface area contributed by atoms with Gasteiger partial charge >= 0.3 is 0 Å². The summed E-state index contributed by atoms with van der Waals surface area (Å²) in [6.07, 6.45) is 2.43. The number of aryl methyl sites for hydroxylation is 1. The lowest BCUT2D eigenvalue weighted by Crippen LogP contribution is -2.14. The number of thioether (sulfide) groups is 1. The van der Waals surface area contributed by atoms with Gasteiger partial charge in [-0.15, -0.1) is 11.8 Å². The third-order valence-corrected chi connectivity index (χ3v) is 5.14. The minimum Gasteiger partial charge on any atom is -0.326 e. The second-order valence-electron chi connectivity index (χ2n) is 5.98. The number of carbonyl (C=O) groups excluding carboxylic acids is 2. The monoisotopic (exact) mass is 390 g/mol. The molecule has 2 aromatic rings. The van der Waals surface area contributed by atoms with Gasteiger partial charge in [0.15, 0.2) is 0 Å². The van der Waals surface area contributed by atoms with Gasteiger partial charge in [0.1, 0.15) is 0 Å². The molecular formula is C20H23ClN2O2S. The van der Waals surface area contributed by atoms with Crippen molar-refractivity contribution in [2.45, 2.75) is 38.0 Å². The molecule has 2 rings (SSSR count). The first-order chi connectivity index (χ1) is 12.5. The molecule has 26 heavy (non-hydrogen) atoms. The van der Waals surface area contributed by atoms with Crippen LogP contribution in [0.25, 0.3) is 0 Å². The van der Waals surface area contributed by atoms with Crippen molar-refractivity contribution in [2.75, 3.05) is 16.4 Å². The Labute approximate surface area is 163 Å². The van der Waals surface area contributed by atoms with Gasteiger partial charge in [0.25, 0.3) is 0 Å². The van der Waals surface area contributed by atoms with E-state index in [2.05, 4.69) is 17.6 Å². The van der Waals surface area contributed by atoms with Crippen molar-refractivity contribution < 1.29 is 9.59 Å². The minimum absolute atomic E-state index is 0.0309. The number of benzene rings is 2. The third kappa shape index (κ3) is 6.73. The minimum atomic E-state index is -0.0909. The molecule has 0 radical (unpaired) electrons. The van der Waals surface area contributed by atoms with E-state index in [4.69, 9.17) is 11.6 Å². The first kappa shape index (κ1) is 20.3. The number of rotatable bonds is 8. The highest BCUT2D eigenvalue weighted by Gasteiger charge is 2.06. The molecule has 0 bridgehead atoms. The molecule has 2 amide bonds. The Bertz CT molecular complexity index is 763. The van der Waals surface area contributed by atoms with Gasteiger partial charge in [-0.2, -0.15) is 0 Å². The number of unbranched alkanes of at least 4 members (excludes halogenated alkanes) is 1. The second-order valence-corrected chi connectivity index (χ2v) is 7.43. The van der Waals surface area contributed by atoms with E-state index < -0.39 is 0 Å². The Hall–Kier alpha value is -1.98. The lowest BCUT2D eigenvalue weighted by molar-refractivity contribution is -0.116. The van der Waals surface area contributed by atoms with E-state index in [1.165, 1.54) is 11.8 Å². The Morgan fingerprint density at radius 2 is 1.65 bits per heavy atom. The highest BCUT2D eigenvalue weighted by Crippen LogP contribution is 2.22. The van der Waals surface area contributed by atoms with Crippen molar-refractivity contribution in [3.63, 3.8) is 0 Å².